The van der Waals surface area contributed by atoms with Crippen molar-refractivity contribution in [3.05, 3.63) is 60.4 Å². The van der Waals surface area contributed by atoms with Crippen LogP contribution in [-0.4, -0.2) is 42.4 Å². The van der Waals surface area contributed by atoms with Crippen molar-refractivity contribution in [3.8, 4) is 0 Å². The van der Waals surface area contributed by atoms with Gasteiger partial charge in [0.05, 0.1) is 0 Å². The summed E-state index contributed by atoms with van der Waals surface area (Å²) in [6, 6.07) is 12.9. The number of benzene rings is 2. The van der Waals surface area contributed by atoms with E-state index in [4.69, 9.17) is 0 Å². The van der Waals surface area contributed by atoms with E-state index in [0.717, 1.165) is 4.90 Å². The van der Waals surface area contributed by atoms with Gasteiger partial charge in [0.1, 0.15) is 18.4 Å². The molecule has 0 saturated carbocycles. The monoisotopic (exact) mass is 355 g/mol. The topological polar surface area (TPSA) is 60.9 Å². The third-order valence-electron chi connectivity index (χ3n) is 4.36. The number of urea groups is 1. The van der Waals surface area contributed by atoms with Gasteiger partial charge in [-0.1, -0.05) is 18.2 Å². The molecule has 6 nitrogen and oxygen atoms in total. The molecule has 1 unspecified atom stereocenters. The Morgan fingerprint density at radius 3 is 2.31 bits per heavy atom. The number of hydrogen-bond donors (Lipinski definition) is 0. The average Bonchev–Trinajstić information content (AvgIpc) is 2.86. The molecule has 134 valence electrons. The minimum absolute atomic E-state index is 0.356. The van der Waals surface area contributed by atoms with Crippen LogP contribution < -0.4 is 9.80 Å². The van der Waals surface area contributed by atoms with E-state index in [1.807, 2.05) is 6.07 Å². The summed E-state index contributed by atoms with van der Waals surface area (Å²) in [5.41, 5.74) is 1.07. The standard InChI is InChI=1S/C19H18FN3O3/c1-13-18(25)22(12-17(24)21(2)15-6-4-3-5-7-15)19(26)23(13)16-10-8-14(20)9-11-16/h3-11,13H,12H2,1-2H3. The van der Waals surface area contributed by atoms with Crippen molar-refractivity contribution >= 4 is 29.2 Å². The molecule has 0 spiro atoms. The number of imide groups is 1. The summed E-state index contributed by atoms with van der Waals surface area (Å²) in [4.78, 5) is 41.2. The van der Waals surface area contributed by atoms with E-state index in [9.17, 15) is 18.8 Å². The van der Waals surface area contributed by atoms with Crippen molar-refractivity contribution in [2.24, 2.45) is 0 Å². The van der Waals surface area contributed by atoms with Crippen LogP contribution in [0.15, 0.2) is 54.6 Å². The van der Waals surface area contributed by atoms with Crippen LogP contribution in [0.3, 0.4) is 0 Å². The molecule has 2 aromatic rings. The summed E-state index contributed by atoms with van der Waals surface area (Å²) < 4.78 is 13.1. The third kappa shape index (κ3) is 3.15. The number of para-hydroxylation sites is 1. The van der Waals surface area contributed by atoms with Gasteiger partial charge in [0.15, 0.2) is 0 Å². The SMILES string of the molecule is CC1C(=O)N(CC(=O)N(C)c2ccccc2)C(=O)N1c1ccc(F)cc1. The highest BCUT2D eigenvalue weighted by molar-refractivity contribution is 6.16. The fourth-order valence-corrected chi connectivity index (χ4v) is 2.84. The van der Waals surface area contributed by atoms with Gasteiger partial charge in [-0.2, -0.15) is 0 Å². The maximum Gasteiger partial charge on any atom is 0.332 e. The van der Waals surface area contributed by atoms with Crippen molar-refractivity contribution in [2.45, 2.75) is 13.0 Å². The molecule has 7 heteroatoms. The largest absolute Gasteiger partial charge is 0.332 e. The number of hydrogen-bond acceptors (Lipinski definition) is 3. The molecule has 26 heavy (non-hydrogen) atoms. The Kier molecular flexibility index (Phi) is 4.71. The van der Waals surface area contributed by atoms with Crippen LogP contribution >= 0.6 is 0 Å². The van der Waals surface area contributed by atoms with Gasteiger partial charge in [-0.05, 0) is 43.3 Å². The van der Waals surface area contributed by atoms with Gasteiger partial charge in [-0.15, -0.1) is 0 Å². The predicted molar refractivity (Wildman–Crippen MR) is 95.3 cm³/mol. The molecule has 1 saturated heterocycles. The smallest absolute Gasteiger partial charge is 0.314 e. The predicted octanol–water partition coefficient (Wildman–Crippen LogP) is 2.65. The highest BCUT2D eigenvalue weighted by Crippen LogP contribution is 2.26. The molecular weight excluding hydrogens is 337 g/mol. The fraction of sp³-hybridized carbons (Fsp3) is 0.211. The van der Waals surface area contributed by atoms with Crippen molar-refractivity contribution in [1.29, 1.82) is 0 Å². The molecule has 0 bridgehead atoms. The van der Waals surface area contributed by atoms with Crippen LogP contribution in [0.1, 0.15) is 6.92 Å². The van der Waals surface area contributed by atoms with E-state index in [1.54, 1.807) is 38.2 Å². The maximum atomic E-state index is 13.1. The first-order valence-electron chi connectivity index (χ1n) is 8.12. The minimum atomic E-state index is -0.761. The van der Waals surface area contributed by atoms with Crippen LogP contribution in [-0.2, 0) is 9.59 Å². The number of halogens is 1. The maximum absolute atomic E-state index is 13.1. The molecule has 0 radical (unpaired) electrons. The molecule has 3 rings (SSSR count). The Balaban J connectivity index is 1.78. The molecular formula is C19H18FN3O3. The lowest BCUT2D eigenvalue weighted by Crippen LogP contribution is -2.42. The molecule has 0 aliphatic carbocycles. The van der Waals surface area contributed by atoms with Crippen LogP contribution in [0.5, 0.6) is 0 Å². The number of anilines is 2. The number of rotatable bonds is 4. The summed E-state index contributed by atoms with van der Waals surface area (Å²) in [6.07, 6.45) is 0. The Hall–Kier alpha value is -3.22. The van der Waals surface area contributed by atoms with E-state index in [-0.39, 0.29) is 12.5 Å². The zero-order valence-corrected chi connectivity index (χ0v) is 14.4. The van der Waals surface area contributed by atoms with E-state index in [1.165, 1.54) is 34.1 Å². The molecule has 2 aromatic carbocycles. The zero-order chi connectivity index (χ0) is 18.8. The second-order valence-corrected chi connectivity index (χ2v) is 6.02. The molecule has 1 heterocycles. The van der Waals surface area contributed by atoms with Crippen molar-refractivity contribution in [3.63, 3.8) is 0 Å². The van der Waals surface area contributed by atoms with Crippen molar-refractivity contribution in [1.82, 2.24) is 4.90 Å². The van der Waals surface area contributed by atoms with Gasteiger partial charge in [-0.3, -0.25) is 19.4 Å². The normalized spacial score (nSPS) is 17.0. The summed E-state index contributed by atoms with van der Waals surface area (Å²) in [5, 5.41) is 0. The van der Waals surface area contributed by atoms with Gasteiger partial charge < -0.3 is 4.90 Å². The third-order valence-corrected chi connectivity index (χ3v) is 4.36. The average molecular weight is 355 g/mol. The molecule has 4 amide bonds. The highest BCUT2D eigenvalue weighted by Gasteiger charge is 2.44. The summed E-state index contributed by atoms with van der Waals surface area (Å²) >= 11 is 0. The van der Waals surface area contributed by atoms with Gasteiger partial charge in [0.25, 0.3) is 5.91 Å². The quantitative estimate of drug-likeness (QED) is 0.792. The lowest BCUT2D eigenvalue weighted by atomic mass is 10.2. The fourth-order valence-electron chi connectivity index (χ4n) is 2.84. The highest BCUT2D eigenvalue weighted by atomic mass is 19.1. The number of likely N-dealkylation sites (N-methyl/N-ethyl adjacent to an activating group) is 1. The summed E-state index contributed by atoms with van der Waals surface area (Å²) in [7, 11) is 1.59. The summed E-state index contributed by atoms with van der Waals surface area (Å²) in [5.74, 6) is -1.28. The van der Waals surface area contributed by atoms with Gasteiger partial charge in [0, 0.05) is 18.4 Å². The Labute approximate surface area is 150 Å². The van der Waals surface area contributed by atoms with E-state index >= 15 is 0 Å². The Bertz CT molecular complexity index is 839. The first-order valence-corrected chi connectivity index (χ1v) is 8.12. The van der Waals surface area contributed by atoms with Gasteiger partial charge in [0.2, 0.25) is 5.91 Å². The van der Waals surface area contributed by atoms with E-state index in [2.05, 4.69) is 0 Å². The summed E-state index contributed by atoms with van der Waals surface area (Å²) in [6.45, 7) is 1.22. The lowest BCUT2D eigenvalue weighted by Gasteiger charge is -2.21. The van der Waals surface area contributed by atoms with Gasteiger partial charge >= 0.3 is 6.03 Å². The zero-order valence-electron chi connectivity index (χ0n) is 14.4. The Morgan fingerprint density at radius 2 is 1.69 bits per heavy atom. The molecule has 1 atom stereocenters. The molecule has 0 N–H and O–H groups in total. The second-order valence-electron chi connectivity index (χ2n) is 6.02. The molecule has 1 fully saturated rings. The first kappa shape index (κ1) is 17.6. The minimum Gasteiger partial charge on any atom is -0.314 e. The molecule has 1 aliphatic rings. The van der Waals surface area contributed by atoms with Crippen LogP contribution in [0.4, 0.5) is 20.6 Å². The van der Waals surface area contributed by atoms with E-state index < -0.39 is 23.8 Å². The number of carbonyl (C=O) groups excluding carboxylic acids is 3. The van der Waals surface area contributed by atoms with Crippen molar-refractivity contribution < 1.29 is 18.8 Å². The number of nitrogens with zero attached hydrogens (tertiary/aromatic N) is 3. The van der Waals surface area contributed by atoms with Crippen LogP contribution in [0.25, 0.3) is 0 Å². The first-order chi connectivity index (χ1) is 12.4. The molecule has 1 aliphatic heterocycles. The Morgan fingerprint density at radius 1 is 1.08 bits per heavy atom. The number of carbonyl (C=O) groups is 3. The van der Waals surface area contributed by atoms with E-state index in [0.29, 0.717) is 11.4 Å². The van der Waals surface area contributed by atoms with Gasteiger partial charge in [-0.25, -0.2) is 9.18 Å². The second kappa shape index (κ2) is 6.95. The number of amides is 4. The van der Waals surface area contributed by atoms with Crippen molar-refractivity contribution in [2.75, 3.05) is 23.4 Å². The lowest BCUT2D eigenvalue weighted by molar-refractivity contribution is -0.130. The van der Waals surface area contributed by atoms with Crippen LogP contribution in [0.2, 0.25) is 0 Å². The van der Waals surface area contributed by atoms with Crippen LogP contribution in [0, 0.1) is 5.82 Å². The molecule has 0 aromatic heterocycles.